The van der Waals surface area contributed by atoms with Crippen molar-refractivity contribution in [3.63, 3.8) is 0 Å². The van der Waals surface area contributed by atoms with Crippen molar-refractivity contribution in [2.75, 3.05) is 24.4 Å². The third-order valence-corrected chi connectivity index (χ3v) is 6.09. The maximum atomic E-state index is 12.8. The van der Waals surface area contributed by atoms with E-state index in [0.717, 1.165) is 11.3 Å². The van der Waals surface area contributed by atoms with E-state index >= 15 is 0 Å². The molecule has 27 heavy (non-hydrogen) atoms. The average Bonchev–Trinajstić information content (AvgIpc) is 2.68. The molecule has 0 bridgehead atoms. The number of hydrazine groups is 1. The lowest BCUT2D eigenvalue weighted by atomic mass is 9.97. The van der Waals surface area contributed by atoms with Gasteiger partial charge in [-0.05, 0) is 30.5 Å². The summed E-state index contributed by atoms with van der Waals surface area (Å²) in [6.45, 7) is 1.33. The highest BCUT2D eigenvalue weighted by atomic mass is 32.2. The van der Waals surface area contributed by atoms with Crippen molar-refractivity contribution >= 4 is 21.6 Å². The predicted octanol–water partition coefficient (Wildman–Crippen LogP) is 2.40. The van der Waals surface area contributed by atoms with Crippen molar-refractivity contribution < 1.29 is 13.2 Å². The monoisotopic (exact) mass is 387 g/mol. The van der Waals surface area contributed by atoms with E-state index in [1.54, 1.807) is 0 Å². The minimum atomic E-state index is -3.19. The Morgan fingerprint density at radius 3 is 2.15 bits per heavy atom. The Bertz CT molecular complexity index is 849. The fourth-order valence-corrected chi connectivity index (χ4v) is 4.12. The summed E-state index contributed by atoms with van der Waals surface area (Å²) in [7, 11) is -3.19. The number of para-hydroxylation sites is 1. The van der Waals surface area contributed by atoms with Crippen LogP contribution in [0.15, 0.2) is 60.7 Å². The van der Waals surface area contributed by atoms with Crippen LogP contribution in [0.25, 0.3) is 0 Å². The molecule has 0 atom stereocenters. The lowest BCUT2D eigenvalue weighted by Crippen LogP contribution is -2.48. The lowest BCUT2D eigenvalue weighted by Gasteiger charge is -2.32. The van der Waals surface area contributed by atoms with Crippen molar-refractivity contribution in [2.45, 2.75) is 19.4 Å². The summed E-state index contributed by atoms with van der Waals surface area (Å²) in [6.07, 6.45) is 2.28. The van der Waals surface area contributed by atoms with Gasteiger partial charge < -0.3 is 0 Å². The Morgan fingerprint density at radius 1 is 1.04 bits per heavy atom. The molecule has 0 unspecified atom stereocenters. The van der Waals surface area contributed by atoms with Crippen LogP contribution in [0.2, 0.25) is 0 Å². The van der Waals surface area contributed by atoms with Gasteiger partial charge in [0.2, 0.25) is 15.9 Å². The van der Waals surface area contributed by atoms with Crippen LogP contribution in [-0.4, -0.2) is 38.0 Å². The molecule has 0 radical (unpaired) electrons. The van der Waals surface area contributed by atoms with Crippen LogP contribution in [0.1, 0.15) is 18.4 Å². The van der Waals surface area contributed by atoms with Gasteiger partial charge in [0.25, 0.3) is 0 Å². The minimum absolute atomic E-state index is 0.0667. The fraction of sp³-hybridized carbons (Fsp3) is 0.350. The number of nitrogens with zero attached hydrogens (tertiary/aromatic N) is 2. The number of rotatable bonds is 6. The van der Waals surface area contributed by atoms with Gasteiger partial charge in [-0.1, -0.05) is 48.5 Å². The fourth-order valence-electron chi connectivity index (χ4n) is 3.24. The molecule has 1 saturated heterocycles. The van der Waals surface area contributed by atoms with E-state index in [2.05, 4.69) is 5.43 Å². The number of amides is 1. The number of hydrogen-bond acceptors (Lipinski definition) is 4. The van der Waals surface area contributed by atoms with Crippen molar-refractivity contribution in [1.29, 1.82) is 0 Å². The Kier molecular flexibility index (Phi) is 6.13. The molecular formula is C20H25N3O3S. The molecule has 1 amide bonds. The maximum absolute atomic E-state index is 12.8. The van der Waals surface area contributed by atoms with E-state index in [1.165, 1.54) is 10.6 Å². The van der Waals surface area contributed by atoms with Crippen LogP contribution in [0, 0.1) is 5.92 Å². The number of nitrogens with one attached hydrogen (secondary N) is 1. The second kappa shape index (κ2) is 8.54. The molecule has 6 nitrogen and oxygen atoms in total. The molecule has 1 N–H and O–H groups in total. The second-order valence-corrected chi connectivity index (χ2v) is 8.80. The van der Waals surface area contributed by atoms with Crippen LogP contribution in [0.5, 0.6) is 0 Å². The van der Waals surface area contributed by atoms with Crippen molar-refractivity contribution in [2.24, 2.45) is 5.92 Å². The number of piperidine rings is 1. The van der Waals surface area contributed by atoms with Crippen LogP contribution in [-0.2, 0) is 21.4 Å². The number of carbonyl (C=O) groups excluding carboxylic acids is 1. The summed E-state index contributed by atoms with van der Waals surface area (Å²) in [5.74, 6) is -0.257. The molecule has 7 heteroatoms. The molecule has 1 fully saturated rings. The highest BCUT2D eigenvalue weighted by Gasteiger charge is 2.29. The third-order valence-electron chi connectivity index (χ3n) is 4.79. The molecule has 0 aliphatic carbocycles. The normalized spacial score (nSPS) is 16.0. The zero-order chi connectivity index (χ0) is 19.3. The first-order valence-corrected chi connectivity index (χ1v) is 10.9. The van der Waals surface area contributed by atoms with Gasteiger partial charge in [-0.2, -0.15) is 0 Å². The third kappa shape index (κ3) is 5.30. The molecule has 1 aliphatic heterocycles. The van der Waals surface area contributed by atoms with Crippen LogP contribution < -0.4 is 10.4 Å². The van der Waals surface area contributed by atoms with Crippen LogP contribution in [0.3, 0.4) is 0 Å². The van der Waals surface area contributed by atoms with E-state index in [0.29, 0.717) is 32.5 Å². The van der Waals surface area contributed by atoms with E-state index < -0.39 is 10.0 Å². The van der Waals surface area contributed by atoms with Crippen molar-refractivity contribution in [3.8, 4) is 0 Å². The van der Waals surface area contributed by atoms with Crippen molar-refractivity contribution in [3.05, 3.63) is 66.2 Å². The molecule has 3 rings (SSSR count). The van der Waals surface area contributed by atoms with Crippen LogP contribution in [0.4, 0.5) is 5.69 Å². The largest absolute Gasteiger partial charge is 0.281 e. The summed E-state index contributed by atoms with van der Waals surface area (Å²) >= 11 is 0. The number of anilines is 1. The van der Waals surface area contributed by atoms with E-state index in [-0.39, 0.29) is 11.8 Å². The van der Waals surface area contributed by atoms with Gasteiger partial charge in [-0.15, -0.1) is 0 Å². The van der Waals surface area contributed by atoms with E-state index in [9.17, 15) is 13.2 Å². The second-order valence-electron chi connectivity index (χ2n) is 6.82. The number of benzene rings is 2. The first-order chi connectivity index (χ1) is 12.9. The van der Waals surface area contributed by atoms with Gasteiger partial charge in [-0.25, -0.2) is 12.7 Å². The van der Waals surface area contributed by atoms with Gasteiger partial charge in [-0.3, -0.25) is 15.2 Å². The molecule has 2 aromatic rings. The summed E-state index contributed by atoms with van der Waals surface area (Å²) < 4.78 is 24.7. The van der Waals surface area contributed by atoms with Crippen molar-refractivity contribution in [1.82, 2.24) is 9.73 Å². The Labute approximate surface area is 160 Å². The molecule has 0 saturated carbocycles. The van der Waals surface area contributed by atoms with Gasteiger partial charge in [0, 0.05) is 19.0 Å². The molecule has 0 spiro atoms. The Balaban J connectivity index is 1.68. The van der Waals surface area contributed by atoms with Gasteiger partial charge in [0.1, 0.15) is 0 Å². The highest BCUT2D eigenvalue weighted by Crippen LogP contribution is 2.21. The average molecular weight is 388 g/mol. The molecule has 2 aromatic carbocycles. The Morgan fingerprint density at radius 2 is 1.59 bits per heavy atom. The van der Waals surface area contributed by atoms with E-state index in [4.69, 9.17) is 0 Å². The van der Waals surface area contributed by atoms with Crippen LogP contribution >= 0.6 is 0 Å². The SMILES string of the molecule is CS(=O)(=O)N1CCC(C(=O)NN(Cc2ccccc2)c2ccccc2)CC1. The quantitative estimate of drug-likeness (QED) is 0.773. The molecule has 0 aromatic heterocycles. The molecule has 1 heterocycles. The van der Waals surface area contributed by atoms with Gasteiger partial charge in [0.15, 0.2) is 0 Å². The molecular weight excluding hydrogens is 362 g/mol. The zero-order valence-corrected chi connectivity index (χ0v) is 16.2. The number of sulfonamides is 1. The molecule has 144 valence electrons. The predicted molar refractivity (Wildman–Crippen MR) is 106 cm³/mol. The Hall–Kier alpha value is -2.38. The minimum Gasteiger partial charge on any atom is -0.281 e. The van der Waals surface area contributed by atoms with Gasteiger partial charge >= 0.3 is 0 Å². The van der Waals surface area contributed by atoms with Gasteiger partial charge in [0.05, 0.1) is 18.5 Å². The number of carbonyl (C=O) groups is 1. The first-order valence-electron chi connectivity index (χ1n) is 9.05. The van der Waals surface area contributed by atoms with E-state index in [1.807, 2.05) is 65.7 Å². The first kappa shape index (κ1) is 19.4. The summed E-state index contributed by atoms with van der Waals surface area (Å²) in [4.78, 5) is 12.8. The standard InChI is InChI=1S/C20H25N3O3S/c1-27(25,26)22-14-12-18(13-15-22)20(24)21-23(19-10-6-3-7-11-19)16-17-8-4-2-5-9-17/h2-11,18H,12-16H2,1H3,(H,21,24). The summed E-state index contributed by atoms with van der Waals surface area (Å²) in [5, 5.41) is 1.85. The maximum Gasteiger partial charge on any atom is 0.241 e. The zero-order valence-electron chi connectivity index (χ0n) is 15.4. The smallest absolute Gasteiger partial charge is 0.241 e. The summed E-state index contributed by atoms with van der Waals surface area (Å²) in [6, 6.07) is 19.7. The highest BCUT2D eigenvalue weighted by molar-refractivity contribution is 7.88. The molecule has 1 aliphatic rings. The topological polar surface area (TPSA) is 69.7 Å². The lowest BCUT2D eigenvalue weighted by molar-refractivity contribution is -0.126. The summed E-state index contributed by atoms with van der Waals surface area (Å²) in [5.41, 5.74) is 5.03. The number of hydrogen-bond donors (Lipinski definition) is 1.